The fourth-order valence-electron chi connectivity index (χ4n) is 10.7. The summed E-state index contributed by atoms with van der Waals surface area (Å²) in [5.41, 5.74) is 18.2. The number of aromatic nitrogens is 4. The molecule has 2 aliphatic rings. The minimum atomic E-state index is -0.509. The second kappa shape index (κ2) is 13.4. The Bertz CT molecular complexity index is 3520. The van der Waals surface area contributed by atoms with Crippen LogP contribution in [0.3, 0.4) is 0 Å². The Morgan fingerprint density at radius 1 is 0.306 bits per heavy atom. The summed E-state index contributed by atoms with van der Waals surface area (Å²) in [6, 6.07) is 78.4. The molecule has 0 saturated heterocycles. The number of rotatable bonds is 5. The van der Waals surface area contributed by atoms with Gasteiger partial charge >= 0.3 is 0 Å². The van der Waals surface area contributed by atoms with E-state index in [0.717, 1.165) is 55.3 Å². The van der Waals surface area contributed by atoms with Crippen LogP contribution in [-0.2, 0) is 5.41 Å². The van der Waals surface area contributed by atoms with Crippen LogP contribution in [0.4, 0.5) is 0 Å². The highest BCUT2D eigenvalue weighted by Crippen LogP contribution is 2.64. The first kappa shape index (κ1) is 34.6. The molecule has 0 fully saturated rings. The minimum absolute atomic E-state index is 0.509. The van der Waals surface area contributed by atoms with Crippen molar-refractivity contribution in [2.45, 2.75) is 5.41 Å². The van der Waals surface area contributed by atoms with E-state index in [1.165, 1.54) is 44.5 Å². The largest absolute Gasteiger partial charge is 0.309 e. The van der Waals surface area contributed by atoms with Crippen molar-refractivity contribution < 1.29 is 0 Å². The van der Waals surface area contributed by atoms with Gasteiger partial charge in [-0.25, -0.2) is 15.0 Å². The van der Waals surface area contributed by atoms with Crippen LogP contribution in [0.5, 0.6) is 0 Å². The van der Waals surface area contributed by atoms with Gasteiger partial charge in [0, 0.05) is 33.2 Å². The standard InChI is InChI=1S/C58H36N4/c1-3-19-37(20-4-1)55-59-56(61-57(60-55)47-31-18-36-52-53(47)46-28-12-16-35-51(46)62(52)38-21-5-2-6-22-38)45-27-8-7-23-39(45)43-29-17-30-44-42-26-11-15-34-50(42)58(54(43)44)48-32-13-9-24-40(48)41-25-10-14-33-49(41)58/h1-36H. The molecule has 0 atom stereocenters. The number of hydrogen-bond donors (Lipinski definition) is 0. The van der Waals surface area contributed by atoms with Crippen LogP contribution in [0.2, 0.25) is 0 Å². The molecule has 11 aromatic rings. The highest BCUT2D eigenvalue weighted by atomic mass is 15.0. The van der Waals surface area contributed by atoms with Crippen LogP contribution < -0.4 is 0 Å². The van der Waals surface area contributed by atoms with Gasteiger partial charge in [-0.05, 0) is 79.9 Å². The Kier molecular flexibility index (Phi) is 7.49. The van der Waals surface area contributed by atoms with E-state index >= 15 is 0 Å². The average Bonchev–Trinajstić information content (AvgIpc) is 3.96. The zero-order valence-electron chi connectivity index (χ0n) is 33.6. The van der Waals surface area contributed by atoms with E-state index in [9.17, 15) is 0 Å². The van der Waals surface area contributed by atoms with Gasteiger partial charge in [0.15, 0.2) is 17.5 Å². The van der Waals surface area contributed by atoms with Crippen LogP contribution in [0.15, 0.2) is 218 Å². The molecule has 1 spiro atoms. The van der Waals surface area contributed by atoms with Gasteiger partial charge in [-0.15, -0.1) is 0 Å². The summed E-state index contributed by atoms with van der Waals surface area (Å²) in [7, 11) is 0. The molecule has 62 heavy (non-hydrogen) atoms. The molecule has 0 unspecified atom stereocenters. The second-order valence-electron chi connectivity index (χ2n) is 16.2. The Hall–Kier alpha value is -8.21. The third-order valence-corrected chi connectivity index (χ3v) is 13.1. The third kappa shape index (κ3) is 4.80. The first-order valence-electron chi connectivity index (χ1n) is 21.2. The van der Waals surface area contributed by atoms with E-state index in [-0.39, 0.29) is 0 Å². The molecule has 2 aliphatic carbocycles. The SMILES string of the molecule is c1ccc(-c2nc(-c3ccccc3-c3cccc4c3C3(c5ccccc5-c5ccccc53)c3ccccc3-4)nc(-c3cccc4c3c3ccccc3n4-c3ccccc3)n2)cc1. The molecule has 4 heteroatoms. The van der Waals surface area contributed by atoms with E-state index < -0.39 is 5.41 Å². The molecule has 0 saturated carbocycles. The van der Waals surface area contributed by atoms with Crippen LogP contribution in [0.1, 0.15) is 22.3 Å². The highest BCUT2D eigenvalue weighted by Gasteiger charge is 2.52. The van der Waals surface area contributed by atoms with Crippen molar-refractivity contribution in [2.24, 2.45) is 0 Å². The molecule has 0 bridgehead atoms. The first-order chi connectivity index (χ1) is 30.8. The lowest BCUT2D eigenvalue weighted by Crippen LogP contribution is -2.26. The van der Waals surface area contributed by atoms with Crippen molar-refractivity contribution in [1.29, 1.82) is 0 Å². The van der Waals surface area contributed by atoms with Crippen molar-refractivity contribution in [3.05, 3.63) is 241 Å². The zero-order chi connectivity index (χ0) is 40.8. The third-order valence-electron chi connectivity index (χ3n) is 13.1. The monoisotopic (exact) mass is 788 g/mol. The Morgan fingerprint density at radius 3 is 1.42 bits per heavy atom. The van der Waals surface area contributed by atoms with Gasteiger partial charge in [0.25, 0.3) is 0 Å². The summed E-state index contributed by atoms with van der Waals surface area (Å²) in [6.07, 6.45) is 0. The molecule has 9 aromatic carbocycles. The molecule has 2 aromatic heterocycles. The summed E-state index contributed by atoms with van der Waals surface area (Å²) in [5.74, 6) is 1.89. The first-order valence-corrected chi connectivity index (χ1v) is 21.2. The van der Waals surface area contributed by atoms with E-state index in [1.54, 1.807) is 0 Å². The van der Waals surface area contributed by atoms with Crippen LogP contribution in [-0.4, -0.2) is 19.5 Å². The quantitative estimate of drug-likeness (QED) is 0.174. The van der Waals surface area contributed by atoms with Crippen molar-refractivity contribution in [3.63, 3.8) is 0 Å². The number of para-hydroxylation sites is 2. The fourth-order valence-corrected chi connectivity index (χ4v) is 10.7. The summed E-state index contributed by atoms with van der Waals surface area (Å²) in [4.78, 5) is 16.1. The topological polar surface area (TPSA) is 43.6 Å². The molecular formula is C58H36N4. The second-order valence-corrected chi connectivity index (χ2v) is 16.2. The van der Waals surface area contributed by atoms with Gasteiger partial charge in [-0.3, -0.25) is 0 Å². The van der Waals surface area contributed by atoms with Gasteiger partial charge in [0.2, 0.25) is 0 Å². The van der Waals surface area contributed by atoms with Crippen molar-refractivity contribution in [3.8, 4) is 73.2 Å². The average molecular weight is 789 g/mol. The minimum Gasteiger partial charge on any atom is -0.309 e. The van der Waals surface area contributed by atoms with Crippen molar-refractivity contribution >= 4 is 21.8 Å². The number of nitrogens with zero attached hydrogens (tertiary/aromatic N) is 4. The maximum atomic E-state index is 5.49. The molecule has 288 valence electrons. The Morgan fingerprint density at radius 2 is 0.742 bits per heavy atom. The van der Waals surface area contributed by atoms with Gasteiger partial charge in [-0.1, -0.05) is 194 Å². The van der Waals surface area contributed by atoms with Gasteiger partial charge < -0.3 is 4.57 Å². The van der Waals surface area contributed by atoms with E-state index in [4.69, 9.17) is 15.0 Å². The molecule has 0 aliphatic heterocycles. The Balaban J connectivity index is 1.08. The van der Waals surface area contributed by atoms with Gasteiger partial charge in [-0.2, -0.15) is 0 Å². The molecule has 0 N–H and O–H groups in total. The molecule has 4 nitrogen and oxygen atoms in total. The predicted octanol–water partition coefficient (Wildman–Crippen LogP) is 14.0. The summed E-state index contributed by atoms with van der Waals surface area (Å²) in [6.45, 7) is 0. The molecule has 13 rings (SSSR count). The predicted molar refractivity (Wildman–Crippen MR) is 252 cm³/mol. The van der Waals surface area contributed by atoms with Crippen LogP contribution in [0, 0.1) is 0 Å². The van der Waals surface area contributed by atoms with Crippen LogP contribution >= 0.6 is 0 Å². The van der Waals surface area contributed by atoms with Gasteiger partial charge in [0.05, 0.1) is 16.4 Å². The van der Waals surface area contributed by atoms with E-state index in [0.29, 0.717) is 17.5 Å². The summed E-state index contributed by atoms with van der Waals surface area (Å²) < 4.78 is 2.34. The Labute approximate surface area is 359 Å². The molecule has 2 heterocycles. The maximum absolute atomic E-state index is 5.49. The smallest absolute Gasteiger partial charge is 0.164 e. The van der Waals surface area contributed by atoms with Crippen LogP contribution in [0.25, 0.3) is 95.0 Å². The zero-order valence-corrected chi connectivity index (χ0v) is 33.6. The normalized spacial score (nSPS) is 13.0. The van der Waals surface area contributed by atoms with Crippen molar-refractivity contribution in [2.75, 3.05) is 0 Å². The highest BCUT2D eigenvalue weighted by molar-refractivity contribution is 6.15. The molecule has 0 amide bonds. The van der Waals surface area contributed by atoms with Gasteiger partial charge in [0.1, 0.15) is 0 Å². The van der Waals surface area contributed by atoms with E-state index in [1.807, 2.05) is 18.2 Å². The summed E-state index contributed by atoms with van der Waals surface area (Å²) >= 11 is 0. The van der Waals surface area contributed by atoms with Crippen molar-refractivity contribution in [1.82, 2.24) is 19.5 Å². The number of fused-ring (bicyclic) bond motifs is 13. The lowest BCUT2D eigenvalue weighted by atomic mass is 9.68. The molecular weight excluding hydrogens is 753 g/mol. The van der Waals surface area contributed by atoms with E-state index in [2.05, 4.69) is 205 Å². The maximum Gasteiger partial charge on any atom is 0.164 e. The fraction of sp³-hybridized carbons (Fsp3) is 0.0172. The number of hydrogen-bond acceptors (Lipinski definition) is 3. The molecule has 0 radical (unpaired) electrons. The summed E-state index contributed by atoms with van der Waals surface area (Å²) in [5, 5.41) is 2.25. The lowest BCUT2D eigenvalue weighted by Gasteiger charge is -2.32. The lowest BCUT2D eigenvalue weighted by molar-refractivity contribution is 0.796. The number of benzene rings is 9.